The van der Waals surface area contributed by atoms with Crippen LogP contribution in [0.5, 0.6) is 0 Å². The van der Waals surface area contributed by atoms with E-state index in [0.717, 1.165) is 0 Å². The zero-order chi connectivity index (χ0) is 19.4. The van der Waals surface area contributed by atoms with Gasteiger partial charge in [0.2, 0.25) is 0 Å². The largest absolute Gasteiger partial charge is 0.465 e. The molecule has 13 heteroatoms. The molecule has 1 saturated heterocycles. The van der Waals surface area contributed by atoms with E-state index in [1.54, 1.807) is 0 Å². The first-order chi connectivity index (χ1) is 12.0. The van der Waals surface area contributed by atoms with Gasteiger partial charge in [0.05, 0.1) is 11.8 Å². The number of carbonyl (C=O) groups excluding carboxylic acids is 3. The Labute approximate surface area is 145 Å². The van der Waals surface area contributed by atoms with Crippen LogP contribution in [0.15, 0.2) is 0 Å². The molecule has 3 aliphatic rings. The van der Waals surface area contributed by atoms with Gasteiger partial charge < -0.3 is 18.9 Å². The molecule has 0 aromatic rings. The molecule has 0 amide bonds. The first-order valence-electron chi connectivity index (χ1n) is 7.42. The molecule has 1 N–H and O–H groups in total. The van der Waals surface area contributed by atoms with Gasteiger partial charge >= 0.3 is 33.3 Å². The van der Waals surface area contributed by atoms with Crippen molar-refractivity contribution in [1.82, 2.24) is 0 Å². The Bertz CT molecular complexity index is 750. The van der Waals surface area contributed by atoms with Crippen LogP contribution >= 0.6 is 0 Å². The average molecular weight is 400 g/mol. The molecular weight excluding hydrogens is 386 g/mol. The van der Waals surface area contributed by atoms with Gasteiger partial charge in [-0.25, -0.2) is 4.79 Å². The quantitative estimate of drug-likeness (QED) is 0.264. The highest BCUT2D eigenvalue weighted by Gasteiger charge is 2.71. The van der Waals surface area contributed by atoms with Gasteiger partial charge in [-0.1, -0.05) is 0 Å². The fourth-order valence-electron chi connectivity index (χ4n) is 3.98. The SMILES string of the molecule is COCOC(=O)C1C2CC3C(OC(=O)C31)C2OC(=O)C(F)(F)S(=O)(=O)O. The zero-order valence-electron chi connectivity index (χ0n) is 13.2. The zero-order valence-corrected chi connectivity index (χ0v) is 14.0. The predicted molar refractivity (Wildman–Crippen MR) is 72.8 cm³/mol. The minimum Gasteiger partial charge on any atom is -0.458 e. The maximum Gasteiger partial charge on any atom is 0.465 e. The third-order valence-corrected chi connectivity index (χ3v) is 5.76. The van der Waals surface area contributed by atoms with E-state index in [0.29, 0.717) is 0 Å². The molecule has 2 saturated carbocycles. The van der Waals surface area contributed by atoms with Crippen LogP contribution in [0.25, 0.3) is 0 Å². The number of hydrogen-bond acceptors (Lipinski definition) is 9. The van der Waals surface area contributed by atoms with Crippen LogP contribution in [0.2, 0.25) is 0 Å². The monoisotopic (exact) mass is 400 g/mol. The van der Waals surface area contributed by atoms with E-state index in [2.05, 4.69) is 9.47 Å². The highest BCUT2D eigenvalue weighted by atomic mass is 32.2. The average Bonchev–Trinajstić information content (AvgIpc) is 3.14. The van der Waals surface area contributed by atoms with Crippen LogP contribution in [0, 0.1) is 23.7 Å². The lowest BCUT2D eigenvalue weighted by atomic mass is 9.78. The third kappa shape index (κ3) is 2.65. The number of ether oxygens (including phenoxy) is 4. The summed E-state index contributed by atoms with van der Waals surface area (Å²) in [6.45, 7) is -0.400. The predicted octanol–water partition coefficient (Wildman–Crippen LogP) is -0.667. The number of esters is 3. The van der Waals surface area contributed by atoms with Gasteiger partial charge in [0.25, 0.3) is 0 Å². The summed E-state index contributed by atoms with van der Waals surface area (Å²) < 4.78 is 75.6. The molecule has 0 radical (unpaired) electrons. The van der Waals surface area contributed by atoms with Crippen LogP contribution in [0.4, 0.5) is 8.78 Å². The molecule has 2 bridgehead atoms. The molecule has 6 unspecified atom stereocenters. The van der Waals surface area contributed by atoms with Crippen molar-refractivity contribution in [3.05, 3.63) is 0 Å². The lowest BCUT2D eigenvalue weighted by molar-refractivity contribution is -0.181. The van der Waals surface area contributed by atoms with Gasteiger partial charge in [-0.3, -0.25) is 14.1 Å². The van der Waals surface area contributed by atoms with E-state index < -0.39 is 76.0 Å². The lowest BCUT2D eigenvalue weighted by Gasteiger charge is -2.30. The molecule has 6 atom stereocenters. The highest BCUT2D eigenvalue weighted by Crippen LogP contribution is 2.59. The van der Waals surface area contributed by atoms with Crippen molar-refractivity contribution < 1.29 is 55.1 Å². The smallest absolute Gasteiger partial charge is 0.458 e. The second kappa shape index (κ2) is 6.09. The molecule has 0 aromatic carbocycles. The van der Waals surface area contributed by atoms with E-state index in [4.69, 9.17) is 14.0 Å². The van der Waals surface area contributed by atoms with Crippen molar-refractivity contribution in [2.24, 2.45) is 23.7 Å². The Morgan fingerprint density at radius 1 is 1.35 bits per heavy atom. The number of methoxy groups -OCH3 is 1. The number of alkyl halides is 2. The molecule has 26 heavy (non-hydrogen) atoms. The molecule has 2 aliphatic carbocycles. The number of rotatable bonds is 6. The fourth-order valence-corrected chi connectivity index (χ4v) is 4.24. The van der Waals surface area contributed by atoms with Crippen molar-refractivity contribution in [1.29, 1.82) is 0 Å². The minimum atomic E-state index is -6.05. The Hall–Kier alpha value is -1.86. The second-order valence-corrected chi connectivity index (χ2v) is 7.71. The van der Waals surface area contributed by atoms with E-state index in [-0.39, 0.29) is 6.42 Å². The maximum atomic E-state index is 13.4. The summed E-state index contributed by atoms with van der Waals surface area (Å²) in [5.41, 5.74) is 0. The van der Waals surface area contributed by atoms with Crippen molar-refractivity contribution in [2.75, 3.05) is 13.9 Å². The standard InChI is InChI=1S/C13H14F2O10S/c1-22-3-23-10(16)6-4-2-5-7(6)11(17)24-8(5)9(4)25-12(18)13(14,15)26(19,20)21/h4-9H,2-3H2,1H3,(H,19,20,21). The van der Waals surface area contributed by atoms with E-state index in [1.165, 1.54) is 7.11 Å². The van der Waals surface area contributed by atoms with Gasteiger partial charge in [0.15, 0.2) is 6.79 Å². The van der Waals surface area contributed by atoms with Crippen LogP contribution in [-0.2, 0) is 43.4 Å². The van der Waals surface area contributed by atoms with Gasteiger partial charge in [-0.15, -0.1) is 0 Å². The number of carbonyl (C=O) groups is 3. The topological polar surface area (TPSA) is 142 Å². The van der Waals surface area contributed by atoms with Crippen molar-refractivity contribution in [2.45, 2.75) is 23.9 Å². The van der Waals surface area contributed by atoms with Gasteiger partial charge in [0, 0.05) is 18.9 Å². The highest BCUT2D eigenvalue weighted by molar-refractivity contribution is 7.87. The summed E-state index contributed by atoms with van der Waals surface area (Å²) in [7, 11) is -4.79. The number of fused-ring (bicyclic) bond motifs is 1. The Morgan fingerprint density at radius 3 is 2.58 bits per heavy atom. The van der Waals surface area contributed by atoms with Crippen LogP contribution in [0.1, 0.15) is 6.42 Å². The van der Waals surface area contributed by atoms with Crippen molar-refractivity contribution in [3.8, 4) is 0 Å². The van der Waals surface area contributed by atoms with E-state index in [9.17, 15) is 31.6 Å². The number of halogens is 2. The Balaban J connectivity index is 1.83. The van der Waals surface area contributed by atoms with Crippen LogP contribution in [0.3, 0.4) is 0 Å². The molecule has 1 heterocycles. The molecule has 146 valence electrons. The first-order valence-corrected chi connectivity index (χ1v) is 8.86. The van der Waals surface area contributed by atoms with E-state index in [1.807, 2.05) is 0 Å². The molecule has 0 spiro atoms. The van der Waals surface area contributed by atoms with Gasteiger partial charge in [-0.05, 0) is 6.42 Å². The summed E-state index contributed by atoms with van der Waals surface area (Å²) >= 11 is 0. The summed E-state index contributed by atoms with van der Waals surface area (Å²) in [5, 5.41) is -5.19. The summed E-state index contributed by atoms with van der Waals surface area (Å²) in [4.78, 5) is 35.7. The van der Waals surface area contributed by atoms with Crippen molar-refractivity contribution >= 4 is 28.0 Å². The Morgan fingerprint density at radius 2 is 2.00 bits per heavy atom. The Kier molecular flexibility index (Phi) is 4.43. The minimum absolute atomic E-state index is 0.170. The van der Waals surface area contributed by atoms with Crippen molar-refractivity contribution in [3.63, 3.8) is 0 Å². The summed E-state index contributed by atoms with van der Waals surface area (Å²) in [6, 6.07) is 0. The van der Waals surface area contributed by atoms with Gasteiger partial charge in [-0.2, -0.15) is 17.2 Å². The normalized spacial score (nSPS) is 35.3. The molecule has 10 nitrogen and oxygen atoms in total. The summed E-state index contributed by atoms with van der Waals surface area (Å²) in [6.07, 6.45) is -2.35. The molecule has 1 aliphatic heterocycles. The lowest BCUT2D eigenvalue weighted by Crippen LogP contribution is -2.47. The van der Waals surface area contributed by atoms with Crippen LogP contribution in [-0.4, -0.2) is 62.2 Å². The maximum absolute atomic E-state index is 13.4. The fraction of sp³-hybridized carbons (Fsp3) is 0.769. The molecule has 3 fully saturated rings. The van der Waals surface area contributed by atoms with Gasteiger partial charge in [0.1, 0.15) is 12.2 Å². The third-order valence-electron chi connectivity index (χ3n) is 4.94. The van der Waals surface area contributed by atoms with Crippen LogP contribution < -0.4 is 0 Å². The molecule has 3 rings (SSSR count). The second-order valence-electron chi connectivity index (χ2n) is 6.25. The molecular formula is C13H14F2O10S. The first kappa shape index (κ1) is 18.9. The summed E-state index contributed by atoms with van der Waals surface area (Å²) in [5.74, 6) is -7.48. The molecule has 0 aromatic heterocycles. The van der Waals surface area contributed by atoms with E-state index >= 15 is 0 Å². The number of hydrogen-bond donors (Lipinski definition) is 1.